The first-order chi connectivity index (χ1) is 18.6. The van der Waals surface area contributed by atoms with Gasteiger partial charge in [-0.1, -0.05) is 23.7 Å². The lowest BCUT2D eigenvalue weighted by Crippen LogP contribution is -2.37. The summed E-state index contributed by atoms with van der Waals surface area (Å²) in [6, 6.07) is 17.2. The highest BCUT2D eigenvalue weighted by molar-refractivity contribution is 6.30. The van der Waals surface area contributed by atoms with E-state index in [0.717, 1.165) is 0 Å². The number of carbonyl (C=O) groups excluding carboxylic acids is 3. The molecule has 39 heavy (non-hydrogen) atoms. The summed E-state index contributed by atoms with van der Waals surface area (Å²) in [5.74, 6) is -1.20. The molecule has 202 valence electrons. The van der Waals surface area contributed by atoms with Crippen LogP contribution in [0.15, 0.2) is 66.7 Å². The van der Waals surface area contributed by atoms with E-state index in [1.165, 1.54) is 26.2 Å². The van der Waals surface area contributed by atoms with Gasteiger partial charge in [0.1, 0.15) is 11.6 Å². The number of fused-ring (bicyclic) bond motifs is 1. The molecule has 7 nitrogen and oxygen atoms in total. The number of hydrogen-bond donors (Lipinski definition) is 1. The van der Waals surface area contributed by atoms with Crippen molar-refractivity contribution in [3.8, 4) is 5.75 Å². The Balaban J connectivity index is 1.55. The molecule has 9 heteroatoms. The molecule has 0 spiro atoms. The van der Waals surface area contributed by atoms with Gasteiger partial charge in [-0.25, -0.2) is 4.39 Å². The molecule has 0 saturated carbocycles. The summed E-state index contributed by atoms with van der Waals surface area (Å²) in [4.78, 5) is 39.1. The summed E-state index contributed by atoms with van der Waals surface area (Å²) in [7, 11) is 1.53. The van der Waals surface area contributed by atoms with Crippen LogP contribution in [0.25, 0.3) is 10.9 Å². The number of aromatic nitrogens is 1. The molecule has 0 aliphatic rings. The van der Waals surface area contributed by atoms with Crippen molar-refractivity contribution in [1.82, 2.24) is 9.88 Å². The number of hydrogen-bond acceptors (Lipinski definition) is 5. The molecule has 0 unspecified atom stereocenters. The summed E-state index contributed by atoms with van der Waals surface area (Å²) >= 11 is 5.99. The fourth-order valence-corrected chi connectivity index (χ4v) is 4.52. The minimum atomic E-state index is -1.07. The van der Waals surface area contributed by atoms with Gasteiger partial charge in [-0.2, -0.15) is 0 Å². The number of nitrogens with zero attached hydrogens (tertiary/aromatic N) is 1. The molecule has 0 fully saturated rings. The van der Waals surface area contributed by atoms with Crippen LogP contribution >= 0.6 is 11.6 Å². The average molecular weight is 551 g/mol. The lowest BCUT2D eigenvalue weighted by atomic mass is 10.1. The third-order valence-corrected chi connectivity index (χ3v) is 6.82. The molecule has 0 aliphatic carbocycles. The second kappa shape index (κ2) is 11.7. The van der Waals surface area contributed by atoms with Gasteiger partial charge in [0.15, 0.2) is 6.10 Å². The van der Waals surface area contributed by atoms with Crippen LogP contribution in [0.5, 0.6) is 5.75 Å². The predicted molar refractivity (Wildman–Crippen MR) is 147 cm³/mol. The van der Waals surface area contributed by atoms with Gasteiger partial charge < -0.3 is 14.8 Å². The molecule has 0 saturated heterocycles. The maximum atomic E-state index is 13.5. The predicted octanol–water partition coefficient (Wildman–Crippen LogP) is 5.79. The molecule has 4 rings (SSSR count). The van der Waals surface area contributed by atoms with Gasteiger partial charge in [0.2, 0.25) is 0 Å². The van der Waals surface area contributed by atoms with Crippen molar-refractivity contribution in [3.05, 3.63) is 100.0 Å². The Morgan fingerprint density at radius 3 is 2.31 bits per heavy atom. The number of ether oxygens (including phenoxy) is 2. The number of nitrogens with one attached hydrogen (secondary N) is 1. The van der Waals surface area contributed by atoms with E-state index in [2.05, 4.69) is 5.32 Å². The number of halogens is 2. The normalized spacial score (nSPS) is 12.6. The quantitative estimate of drug-likeness (QED) is 0.281. The van der Waals surface area contributed by atoms with Crippen LogP contribution in [0.4, 0.5) is 4.39 Å². The van der Waals surface area contributed by atoms with Crippen molar-refractivity contribution in [2.24, 2.45) is 0 Å². The molecule has 4 aromatic rings. The third-order valence-electron chi connectivity index (χ3n) is 6.56. The van der Waals surface area contributed by atoms with Crippen molar-refractivity contribution < 1.29 is 28.2 Å². The number of benzene rings is 3. The highest BCUT2D eigenvalue weighted by Crippen LogP contribution is 2.31. The van der Waals surface area contributed by atoms with Gasteiger partial charge in [-0.15, -0.1) is 0 Å². The Bertz CT molecular complexity index is 1530. The zero-order valence-electron chi connectivity index (χ0n) is 22.0. The van der Waals surface area contributed by atoms with Crippen molar-refractivity contribution in [2.45, 2.75) is 39.3 Å². The Kier molecular flexibility index (Phi) is 8.35. The molecule has 1 heterocycles. The molecule has 1 N–H and O–H groups in total. The lowest BCUT2D eigenvalue weighted by Gasteiger charge is -2.18. The van der Waals surface area contributed by atoms with E-state index < -0.39 is 24.0 Å². The van der Waals surface area contributed by atoms with E-state index in [1.807, 2.05) is 0 Å². The van der Waals surface area contributed by atoms with E-state index >= 15 is 0 Å². The molecule has 0 bridgehead atoms. The fraction of sp³-hybridized carbons (Fsp3) is 0.233. The van der Waals surface area contributed by atoms with Crippen molar-refractivity contribution in [2.75, 3.05) is 7.11 Å². The van der Waals surface area contributed by atoms with Crippen LogP contribution < -0.4 is 10.1 Å². The molecule has 3 aromatic carbocycles. The minimum absolute atomic E-state index is 0.165. The first kappa shape index (κ1) is 27.9. The van der Waals surface area contributed by atoms with Crippen LogP contribution in [0, 0.1) is 12.7 Å². The first-order valence-corrected chi connectivity index (χ1v) is 12.7. The van der Waals surface area contributed by atoms with Crippen LogP contribution in [0.2, 0.25) is 5.02 Å². The second-order valence-electron chi connectivity index (χ2n) is 9.19. The van der Waals surface area contributed by atoms with Gasteiger partial charge in [-0.3, -0.25) is 19.0 Å². The Morgan fingerprint density at radius 2 is 1.67 bits per heavy atom. The molecule has 0 radical (unpaired) electrons. The Labute approximate surface area is 230 Å². The summed E-state index contributed by atoms with van der Waals surface area (Å²) < 4.78 is 25.6. The maximum absolute atomic E-state index is 13.5. The van der Waals surface area contributed by atoms with Gasteiger partial charge in [0, 0.05) is 21.7 Å². The largest absolute Gasteiger partial charge is 0.497 e. The minimum Gasteiger partial charge on any atom is -0.497 e. The summed E-state index contributed by atoms with van der Waals surface area (Å²) in [6.07, 6.45) is -1.24. The van der Waals surface area contributed by atoms with Crippen molar-refractivity contribution >= 4 is 40.3 Å². The number of amides is 1. The highest BCUT2D eigenvalue weighted by atomic mass is 35.5. The summed E-state index contributed by atoms with van der Waals surface area (Å²) in [5, 5.41) is 3.94. The van der Waals surface area contributed by atoms with Gasteiger partial charge in [-0.05, 0) is 86.5 Å². The highest BCUT2D eigenvalue weighted by Gasteiger charge is 2.25. The van der Waals surface area contributed by atoms with E-state index in [0.29, 0.717) is 44.1 Å². The van der Waals surface area contributed by atoms with Gasteiger partial charge in [0.25, 0.3) is 11.8 Å². The third kappa shape index (κ3) is 6.12. The van der Waals surface area contributed by atoms with Gasteiger partial charge >= 0.3 is 5.97 Å². The average Bonchev–Trinajstić information content (AvgIpc) is 3.18. The first-order valence-electron chi connectivity index (χ1n) is 12.3. The SMILES string of the molecule is COc1ccc2c(c1)c(CC(=O)O[C@@H](C)C(=O)N[C@@H](C)c1ccc(F)cc1)c(C)n2C(=O)c1ccc(Cl)cc1. The van der Waals surface area contributed by atoms with E-state index in [1.54, 1.807) is 73.0 Å². The smallest absolute Gasteiger partial charge is 0.311 e. The van der Waals surface area contributed by atoms with Crippen LogP contribution in [-0.2, 0) is 20.7 Å². The zero-order chi connectivity index (χ0) is 28.3. The van der Waals surface area contributed by atoms with Gasteiger partial charge in [0.05, 0.1) is 25.1 Å². The molecule has 1 amide bonds. The number of esters is 1. The molecular formula is C30H28ClFN2O5. The molecule has 2 atom stereocenters. The number of methoxy groups -OCH3 is 1. The molecule has 1 aromatic heterocycles. The van der Waals surface area contributed by atoms with E-state index in [9.17, 15) is 18.8 Å². The maximum Gasteiger partial charge on any atom is 0.311 e. The topological polar surface area (TPSA) is 86.6 Å². The van der Waals surface area contributed by atoms with E-state index in [-0.39, 0.29) is 18.1 Å². The zero-order valence-corrected chi connectivity index (χ0v) is 22.7. The second-order valence-corrected chi connectivity index (χ2v) is 9.62. The Hall–Kier alpha value is -4.17. The monoisotopic (exact) mass is 550 g/mol. The van der Waals surface area contributed by atoms with Crippen molar-refractivity contribution in [1.29, 1.82) is 0 Å². The van der Waals surface area contributed by atoms with E-state index in [4.69, 9.17) is 21.1 Å². The van der Waals surface area contributed by atoms with Crippen LogP contribution in [-0.4, -0.2) is 35.6 Å². The molecular weight excluding hydrogens is 523 g/mol. The molecule has 0 aliphatic heterocycles. The summed E-state index contributed by atoms with van der Waals surface area (Å²) in [5.41, 5.74) is 2.91. The number of carbonyl (C=O) groups is 3. The van der Waals surface area contributed by atoms with Crippen molar-refractivity contribution in [3.63, 3.8) is 0 Å². The Morgan fingerprint density at radius 1 is 1.00 bits per heavy atom. The summed E-state index contributed by atoms with van der Waals surface area (Å²) in [6.45, 7) is 4.99. The lowest BCUT2D eigenvalue weighted by molar-refractivity contribution is -0.154. The standard InChI is InChI=1S/C30H28ClFN2O5/c1-17(20-7-11-23(32)12-8-20)33-29(36)19(3)39-28(35)16-25-18(2)34(27-14-13-24(38-4)15-26(25)27)30(37)21-5-9-22(31)10-6-21/h5-15,17,19H,16H2,1-4H3,(H,33,36)/t17-,19-/m0/s1. The fourth-order valence-electron chi connectivity index (χ4n) is 4.40. The number of rotatable bonds is 8. The van der Waals surface area contributed by atoms with Crippen LogP contribution in [0.1, 0.15) is 47.1 Å². The van der Waals surface area contributed by atoms with Crippen LogP contribution in [0.3, 0.4) is 0 Å².